The molecule has 30 heavy (non-hydrogen) atoms. The van der Waals surface area contributed by atoms with Crippen molar-refractivity contribution < 1.29 is 8.42 Å². The highest BCUT2D eigenvalue weighted by molar-refractivity contribution is 7.89. The molecule has 0 aliphatic carbocycles. The molecule has 3 aromatic rings. The van der Waals surface area contributed by atoms with Crippen molar-refractivity contribution >= 4 is 22.7 Å². The van der Waals surface area contributed by atoms with Crippen LogP contribution in [0.2, 0.25) is 0 Å². The minimum atomic E-state index is -3.75. The fourth-order valence-corrected chi connectivity index (χ4v) is 6.46. The van der Waals surface area contributed by atoms with Crippen LogP contribution < -0.4 is 0 Å². The molecule has 2 atom stereocenters. The highest BCUT2D eigenvalue weighted by Gasteiger charge is 2.35. The summed E-state index contributed by atoms with van der Waals surface area (Å²) in [6, 6.07) is 23.1. The first-order chi connectivity index (χ1) is 14.2. The van der Waals surface area contributed by atoms with E-state index in [0.29, 0.717) is 11.4 Å². The summed E-state index contributed by atoms with van der Waals surface area (Å²) < 4.78 is 29.5. The lowest BCUT2D eigenvalue weighted by atomic mass is 10.1. The zero-order chi connectivity index (χ0) is 21.9. The summed E-state index contributed by atoms with van der Waals surface area (Å²) in [5.74, 6) is 0. The van der Waals surface area contributed by atoms with Crippen molar-refractivity contribution in [2.24, 2.45) is 0 Å². The van der Waals surface area contributed by atoms with Crippen LogP contribution in [0, 0.1) is 20.8 Å². The highest BCUT2D eigenvalue weighted by atomic mass is 32.2. The topological polar surface area (TPSA) is 37.4 Å². The van der Waals surface area contributed by atoms with Crippen LogP contribution in [-0.2, 0) is 16.6 Å². The summed E-state index contributed by atoms with van der Waals surface area (Å²) in [6.45, 7) is 7.95. The van der Waals surface area contributed by atoms with Gasteiger partial charge in [0.15, 0.2) is 0 Å². The van der Waals surface area contributed by atoms with Gasteiger partial charge < -0.3 is 0 Å². The number of thiol groups is 1. The second-order valence-electron chi connectivity index (χ2n) is 7.86. The van der Waals surface area contributed by atoms with Gasteiger partial charge in [-0.1, -0.05) is 78.4 Å². The van der Waals surface area contributed by atoms with Crippen molar-refractivity contribution in [2.45, 2.75) is 50.4 Å². The zero-order valence-corrected chi connectivity index (χ0v) is 19.6. The molecule has 0 bridgehead atoms. The van der Waals surface area contributed by atoms with E-state index in [2.05, 4.69) is 0 Å². The van der Waals surface area contributed by atoms with E-state index in [1.165, 1.54) is 0 Å². The number of benzene rings is 3. The molecule has 5 heteroatoms. The van der Waals surface area contributed by atoms with Crippen LogP contribution in [0.1, 0.15) is 40.0 Å². The molecule has 0 spiro atoms. The lowest BCUT2D eigenvalue weighted by Gasteiger charge is -2.33. The molecule has 0 aliphatic rings. The van der Waals surface area contributed by atoms with E-state index >= 15 is 0 Å². The third-order valence-corrected chi connectivity index (χ3v) is 8.37. The molecule has 0 unspecified atom stereocenters. The number of rotatable bonds is 7. The van der Waals surface area contributed by atoms with E-state index in [9.17, 15) is 8.42 Å². The predicted octanol–water partition coefficient (Wildman–Crippen LogP) is 5.86. The molecular formula is C25H29NO2S2. The van der Waals surface area contributed by atoms with Gasteiger partial charge >= 0.3 is 0 Å². The van der Waals surface area contributed by atoms with Crippen LogP contribution in [0.5, 0.6) is 0 Å². The third-order valence-electron chi connectivity index (χ3n) is 5.40. The summed E-state index contributed by atoms with van der Waals surface area (Å²) in [7, 11) is -3.75. The minimum absolute atomic E-state index is 0.254. The van der Waals surface area contributed by atoms with Gasteiger partial charge in [0.05, 0.1) is 4.90 Å². The van der Waals surface area contributed by atoms with Gasteiger partial charge in [-0.15, -0.1) is 0 Å². The molecule has 0 saturated carbocycles. The van der Waals surface area contributed by atoms with Gasteiger partial charge in [0, 0.05) is 17.8 Å². The van der Waals surface area contributed by atoms with Crippen LogP contribution >= 0.6 is 12.6 Å². The Morgan fingerprint density at radius 1 is 0.867 bits per heavy atom. The summed E-state index contributed by atoms with van der Waals surface area (Å²) in [4.78, 5) is 0.393. The van der Waals surface area contributed by atoms with E-state index in [1.54, 1.807) is 4.31 Å². The van der Waals surface area contributed by atoms with Gasteiger partial charge in [-0.05, 0) is 49.9 Å². The molecular weight excluding hydrogens is 410 g/mol. The van der Waals surface area contributed by atoms with Crippen LogP contribution in [0.25, 0.3) is 0 Å². The van der Waals surface area contributed by atoms with E-state index in [1.807, 2.05) is 100 Å². The van der Waals surface area contributed by atoms with E-state index in [0.717, 1.165) is 27.8 Å². The standard InChI is InChI=1S/C25H29NO2S2/c1-18-15-19(2)25(20(3)16-18)30(27,28)26(17-22-11-7-5-8-12-22)21(4)24(29)23-13-9-6-10-14-23/h5-16,21,24,29H,17H2,1-4H3/t21-,24-/m1/s1. The Kier molecular flexibility index (Phi) is 7.06. The molecule has 3 aromatic carbocycles. The van der Waals surface area contributed by atoms with Crippen molar-refractivity contribution in [2.75, 3.05) is 0 Å². The normalized spacial score (nSPS) is 13.9. The molecule has 0 radical (unpaired) electrons. The van der Waals surface area contributed by atoms with Gasteiger partial charge in [0.25, 0.3) is 0 Å². The van der Waals surface area contributed by atoms with Gasteiger partial charge in [-0.2, -0.15) is 16.9 Å². The number of hydrogen-bond acceptors (Lipinski definition) is 3. The zero-order valence-electron chi connectivity index (χ0n) is 17.9. The first kappa shape index (κ1) is 22.6. The lowest BCUT2D eigenvalue weighted by molar-refractivity contribution is 0.325. The molecule has 3 rings (SSSR count). The first-order valence-electron chi connectivity index (χ1n) is 10.1. The van der Waals surface area contributed by atoms with Gasteiger partial charge in [0.2, 0.25) is 10.0 Å². The largest absolute Gasteiger partial charge is 0.244 e. The molecule has 0 aromatic heterocycles. The Morgan fingerprint density at radius 3 is 1.90 bits per heavy atom. The maximum atomic E-state index is 14.0. The Balaban J connectivity index is 2.09. The molecule has 0 N–H and O–H groups in total. The smallest absolute Gasteiger partial charge is 0.207 e. The van der Waals surface area contributed by atoms with E-state index in [-0.39, 0.29) is 11.3 Å². The van der Waals surface area contributed by atoms with Crippen molar-refractivity contribution in [3.05, 3.63) is 101 Å². The van der Waals surface area contributed by atoms with Crippen LogP contribution in [0.3, 0.4) is 0 Å². The quantitative estimate of drug-likeness (QED) is 0.468. The molecule has 0 fully saturated rings. The summed E-state index contributed by atoms with van der Waals surface area (Å²) in [5, 5.41) is -0.254. The molecule has 3 nitrogen and oxygen atoms in total. The maximum Gasteiger partial charge on any atom is 0.244 e. The van der Waals surface area contributed by atoms with Crippen molar-refractivity contribution in [3.8, 4) is 0 Å². The number of aryl methyl sites for hydroxylation is 3. The monoisotopic (exact) mass is 439 g/mol. The van der Waals surface area contributed by atoms with Crippen molar-refractivity contribution in [1.82, 2.24) is 4.31 Å². The second-order valence-corrected chi connectivity index (χ2v) is 10.2. The minimum Gasteiger partial charge on any atom is -0.207 e. The second kappa shape index (κ2) is 9.38. The Labute approximate surface area is 186 Å². The fourth-order valence-electron chi connectivity index (χ4n) is 3.99. The summed E-state index contributed by atoms with van der Waals surface area (Å²) >= 11 is 4.83. The van der Waals surface area contributed by atoms with Crippen LogP contribution in [0.4, 0.5) is 0 Å². The van der Waals surface area contributed by atoms with Crippen LogP contribution in [0.15, 0.2) is 77.7 Å². The van der Waals surface area contributed by atoms with E-state index in [4.69, 9.17) is 12.6 Å². The Hall–Kier alpha value is -2.08. The lowest BCUT2D eigenvalue weighted by Crippen LogP contribution is -2.41. The van der Waals surface area contributed by atoms with Gasteiger partial charge in [-0.25, -0.2) is 8.42 Å². The Bertz CT molecular complexity index is 1070. The average molecular weight is 440 g/mol. The fraction of sp³-hybridized carbons (Fsp3) is 0.280. The van der Waals surface area contributed by atoms with Crippen molar-refractivity contribution in [3.63, 3.8) is 0 Å². The Morgan fingerprint density at radius 2 is 1.37 bits per heavy atom. The van der Waals surface area contributed by atoms with Gasteiger partial charge in [-0.3, -0.25) is 0 Å². The molecule has 0 amide bonds. The number of nitrogens with zero attached hydrogens (tertiary/aromatic N) is 1. The van der Waals surface area contributed by atoms with E-state index < -0.39 is 10.0 Å². The third kappa shape index (κ3) is 4.80. The molecule has 0 aliphatic heterocycles. The summed E-state index contributed by atoms with van der Waals surface area (Å²) in [5.41, 5.74) is 4.55. The average Bonchev–Trinajstić information content (AvgIpc) is 2.71. The molecule has 0 saturated heterocycles. The predicted molar refractivity (Wildman–Crippen MR) is 127 cm³/mol. The number of sulfonamides is 1. The highest BCUT2D eigenvalue weighted by Crippen LogP contribution is 2.34. The maximum absolute atomic E-state index is 14.0. The van der Waals surface area contributed by atoms with Crippen LogP contribution in [-0.4, -0.2) is 18.8 Å². The van der Waals surface area contributed by atoms with Crippen molar-refractivity contribution in [1.29, 1.82) is 0 Å². The SMILES string of the molecule is Cc1cc(C)c(S(=O)(=O)N(Cc2ccccc2)[C@H](C)[C@@H](S)c2ccccc2)c(C)c1. The first-order valence-corrected chi connectivity index (χ1v) is 12.0. The summed E-state index contributed by atoms with van der Waals surface area (Å²) in [6.07, 6.45) is 0. The number of hydrogen-bond donors (Lipinski definition) is 1. The molecule has 0 heterocycles. The van der Waals surface area contributed by atoms with Gasteiger partial charge in [0.1, 0.15) is 0 Å². The molecule has 158 valence electrons.